The summed E-state index contributed by atoms with van der Waals surface area (Å²) in [6.45, 7) is 3.41. The molecule has 224 valence electrons. The molecule has 0 unspecified atom stereocenters. The zero-order valence-corrected chi connectivity index (χ0v) is 24.8. The van der Waals surface area contributed by atoms with Crippen molar-refractivity contribution in [3.63, 3.8) is 0 Å². The highest BCUT2D eigenvalue weighted by Gasteiger charge is 2.44. The van der Waals surface area contributed by atoms with Crippen LogP contribution in [-0.2, 0) is 4.74 Å². The lowest BCUT2D eigenvalue weighted by atomic mass is 9.82. The number of carbonyl (C=O) groups is 3. The Balaban J connectivity index is 1.09. The van der Waals surface area contributed by atoms with Crippen molar-refractivity contribution in [2.75, 3.05) is 26.8 Å². The lowest BCUT2D eigenvalue weighted by Crippen LogP contribution is -2.52. The summed E-state index contributed by atoms with van der Waals surface area (Å²) >= 11 is 0. The van der Waals surface area contributed by atoms with E-state index in [2.05, 4.69) is 9.97 Å². The normalized spacial score (nSPS) is 17.2. The van der Waals surface area contributed by atoms with Gasteiger partial charge in [0.2, 0.25) is 0 Å². The van der Waals surface area contributed by atoms with E-state index < -0.39 is 11.6 Å². The molecule has 1 aliphatic carbocycles. The molecule has 2 aromatic carbocycles. The Hall–Kier alpha value is -4.79. The largest absolute Gasteiger partial charge is 0.493 e. The van der Waals surface area contributed by atoms with Gasteiger partial charge in [-0.25, -0.2) is 4.79 Å². The van der Waals surface area contributed by atoms with E-state index in [0.717, 1.165) is 29.3 Å². The third-order valence-corrected chi connectivity index (χ3v) is 8.91. The van der Waals surface area contributed by atoms with Crippen LogP contribution in [0.5, 0.6) is 11.5 Å². The average molecular weight is 592 g/mol. The van der Waals surface area contributed by atoms with Crippen LogP contribution in [-0.4, -0.2) is 64.9 Å². The first-order valence-corrected chi connectivity index (χ1v) is 15.1. The van der Waals surface area contributed by atoms with Crippen LogP contribution >= 0.6 is 0 Å². The summed E-state index contributed by atoms with van der Waals surface area (Å²) in [6.07, 6.45) is 6.94. The zero-order valence-electron chi connectivity index (χ0n) is 24.8. The number of piperidine rings is 1. The van der Waals surface area contributed by atoms with Crippen LogP contribution in [0.1, 0.15) is 81.7 Å². The molecule has 7 rings (SSSR count). The molecule has 4 aromatic rings. The van der Waals surface area contributed by atoms with Crippen molar-refractivity contribution < 1.29 is 28.6 Å². The number of ketones is 1. The molecule has 2 aromatic heterocycles. The maximum atomic E-state index is 13.8. The van der Waals surface area contributed by atoms with E-state index in [1.165, 1.54) is 7.11 Å². The number of aromatic nitrogens is 2. The van der Waals surface area contributed by atoms with Gasteiger partial charge in [0.1, 0.15) is 17.1 Å². The van der Waals surface area contributed by atoms with Gasteiger partial charge < -0.3 is 19.1 Å². The van der Waals surface area contributed by atoms with Gasteiger partial charge in [0.05, 0.1) is 42.7 Å². The number of likely N-dealkylation sites (tertiary alicyclic amines) is 1. The number of esters is 1. The predicted octanol–water partition coefficient (Wildman–Crippen LogP) is 6.00. The van der Waals surface area contributed by atoms with Crippen LogP contribution in [0.4, 0.5) is 0 Å². The van der Waals surface area contributed by atoms with E-state index >= 15 is 0 Å². The quantitative estimate of drug-likeness (QED) is 0.251. The summed E-state index contributed by atoms with van der Waals surface area (Å²) in [4.78, 5) is 50.1. The molecule has 2 aliphatic heterocycles. The lowest BCUT2D eigenvalue weighted by Gasteiger charge is -2.44. The molecule has 4 heterocycles. The highest BCUT2D eigenvalue weighted by molar-refractivity contribution is 6.03. The highest BCUT2D eigenvalue weighted by Crippen LogP contribution is 2.44. The number of rotatable bonds is 6. The average Bonchev–Trinajstić information content (AvgIpc) is 3.90. The second-order valence-corrected chi connectivity index (χ2v) is 11.8. The van der Waals surface area contributed by atoms with Gasteiger partial charge in [0, 0.05) is 66.1 Å². The molecular weight excluding hydrogens is 558 g/mol. The number of fused-ring (bicyclic) bond motifs is 2. The summed E-state index contributed by atoms with van der Waals surface area (Å²) in [7, 11) is 1.33. The Morgan fingerprint density at radius 3 is 2.52 bits per heavy atom. The molecule has 1 spiro atoms. The molecule has 0 radical (unpaired) electrons. The molecule has 9 heteroatoms. The number of methoxy groups -OCH3 is 1. The van der Waals surface area contributed by atoms with Gasteiger partial charge >= 0.3 is 5.97 Å². The fourth-order valence-electron chi connectivity index (χ4n) is 6.42. The Labute approximate surface area is 255 Å². The molecular formula is C35H33N3O6. The van der Waals surface area contributed by atoms with Crippen molar-refractivity contribution in [1.82, 2.24) is 14.9 Å². The number of amides is 1. The minimum Gasteiger partial charge on any atom is -0.493 e. The molecule has 0 atom stereocenters. The third kappa shape index (κ3) is 5.06. The molecule has 44 heavy (non-hydrogen) atoms. The first kappa shape index (κ1) is 28.0. The van der Waals surface area contributed by atoms with Gasteiger partial charge in [-0.1, -0.05) is 0 Å². The van der Waals surface area contributed by atoms with Gasteiger partial charge in [-0.05, 0) is 68.3 Å². The number of Topliss-reactive ketones (excluding diaryl/α,β-unsaturated/α-hetero) is 1. The number of nitrogens with zero attached hydrogens (tertiary/aromatic N) is 3. The summed E-state index contributed by atoms with van der Waals surface area (Å²) < 4.78 is 17.3. The van der Waals surface area contributed by atoms with E-state index in [0.29, 0.717) is 77.9 Å². The number of pyridine rings is 2. The van der Waals surface area contributed by atoms with Crippen molar-refractivity contribution in [1.29, 1.82) is 0 Å². The maximum Gasteiger partial charge on any atom is 0.337 e. The second-order valence-electron chi connectivity index (χ2n) is 11.8. The smallest absolute Gasteiger partial charge is 0.337 e. The topological polar surface area (TPSA) is 108 Å². The first-order chi connectivity index (χ1) is 21.4. The Morgan fingerprint density at radius 1 is 0.977 bits per heavy atom. The van der Waals surface area contributed by atoms with E-state index in [9.17, 15) is 14.4 Å². The van der Waals surface area contributed by atoms with Crippen LogP contribution in [0.15, 0.2) is 60.9 Å². The lowest BCUT2D eigenvalue weighted by molar-refractivity contribution is -0.00572. The van der Waals surface area contributed by atoms with Crippen LogP contribution in [0.3, 0.4) is 0 Å². The van der Waals surface area contributed by atoms with Gasteiger partial charge in [0.15, 0.2) is 5.78 Å². The molecule has 1 saturated heterocycles. The number of benzene rings is 2. The fourth-order valence-corrected chi connectivity index (χ4v) is 6.42. The molecule has 3 aliphatic rings. The van der Waals surface area contributed by atoms with Gasteiger partial charge in [-0.15, -0.1) is 0 Å². The summed E-state index contributed by atoms with van der Waals surface area (Å²) in [5, 5.41) is 1.97. The summed E-state index contributed by atoms with van der Waals surface area (Å²) in [5.41, 5.74) is 3.14. The van der Waals surface area contributed by atoms with Gasteiger partial charge in [-0.2, -0.15) is 0 Å². The minimum atomic E-state index is -0.658. The molecule has 1 saturated carbocycles. The van der Waals surface area contributed by atoms with Gasteiger partial charge in [-0.3, -0.25) is 19.6 Å². The fraction of sp³-hybridized carbons (Fsp3) is 0.343. The Kier molecular flexibility index (Phi) is 7.03. The van der Waals surface area contributed by atoms with Crippen LogP contribution in [0, 0.1) is 0 Å². The molecule has 2 fully saturated rings. The van der Waals surface area contributed by atoms with Crippen molar-refractivity contribution in [3.05, 3.63) is 83.3 Å². The summed E-state index contributed by atoms with van der Waals surface area (Å²) in [6, 6.07) is 14.4. The minimum absolute atomic E-state index is 0.00649. The highest BCUT2D eigenvalue weighted by atomic mass is 16.5. The standard InChI is InChI=1S/C35H33N3O6/c1-3-43-31-19-24(17-26-25(31)9-13-37-32(26)21-4-5-21)33(40)38-14-10-35(11-15-38)20-29(39)27-16-22(6-7-30(27)44-35)28-18-23(8-12-36-28)34(41)42-2/h6-9,12-13,16-19,21H,3-5,10-11,14-15,20H2,1-2H3. The maximum absolute atomic E-state index is 13.8. The van der Waals surface area contributed by atoms with Crippen molar-refractivity contribution in [2.45, 2.75) is 50.5 Å². The second kappa shape index (κ2) is 11.0. The van der Waals surface area contributed by atoms with E-state index in [1.54, 1.807) is 30.5 Å². The van der Waals surface area contributed by atoms with E-state index in [4.69, 9.17) is 14.2 Å². The van der Waals surface area contributed by atoms with Crippen molar-refractivity contribution in [3.8, 4) is 22.8 Å². The van der Waals surface area contributed by atoms with Crippen LogP contribution in [0.2, 0.25) is 0 Å². The Morgan fingerprint density at radius 2 is 1.77 bits per heavy atom. The molecule has 0 bridgehead atoms. The molecule has 0 N–H and O–H groups in total. The monoisotopic (exact) mass is 591 g/mol. The number of ether oxygens (including phenoxy) is 3. The van der Waals surface area contributed by atoms with Crippen molar-refractivity contribution in [2.24, 2.45) is 0 Å². The van der Waals surface area contributed by atoms with Gasteiger partial charge in [0.25, 0.3) is 5.91 Å². The van der Waals surface area contributed by atoms with Crippen LogP contribution in [0.25, 0.3) is 22.0 Å². The number of carbonyl (C=O) groups excluding carboxylic acids is 3. The SMILES string of the molecule is CCOc1cc(C(=O)N2CCC3(CC2)CC(=O)c2cc(-c4cc(C(=O)OC)ccn4)ccc2O3)cc2c(C3CC3)nccc12. The van der Waals surface area contributed by atoms with Crippen LogP contribution < -0.4 is 9.47 Å². The Bertz CT molecular complexity index is 1810. The summed E-state index contributed by atoms with van der Waals surface area (Å²) in [5.74, 6) is 1.17. The van der Waals surface area contributed by atoms with E-state index in [1.807, 2.05) is 42.3 Å². The first-order valence-electron chi connectivity index (χ1n) is 15.1. The van der Waals surface area contributed by atoms with Crippen molar-refractivity contribution >= 4 is 28.4 Å². The molecule has 9 nitrogen and oxygen atoms in total. The molecule has 1 amide bonds. The number of hydrogen-bond donors (Lipinski definition) is 0. The van der Waals surface area contributed by atoms with E-state index in [-0.39, 0.29) is 18.1 Å². The third-order valence-electron chi connectivity index (χ3n) is 8.91. The zero-order chi connectivity index (χ0) is 30.4. The number of hydrogen-bond acceptors (Lipinski definition) is 8. The predicted molar refractivity (Wildman–Crippen MR) is 163 cm³/mol.